The summed E-state index contributed by atoms with van der Waals surface area (Å²) in [5, 5.41) is 13.0. The van der Waals surface area contributed by atoms with E-state index in [0.717, 1.165) is 22.9 Å². The SMILES string of the molecule is Cc1c(C(=O)N[C@@H]2CCC[C@@H]2C(=O)O)oc2c(C)cccc12. The number of nitrogens with one attached hydrogen (secondary N) is 1. The van der Waals surface area contributed by atoms with Crippen molar-refractivity contribution in [1.29, 1.82) is 0 Å². The zero-order chi connectivity index (χ0) is 15.9. The van der Waals surface area contributed by atoms with Crippen LogP contribution in [0, 0.1) is 19.8 Å². The van der Waals surface area contributed by atoms with Crippen molar-refractivity contribution in [2.24, 2.45) is 5.92 Å². The predicted octanol–water partition coefficient (Wildman–Crippen LogP) is 3.03. The molecule has 0 spiro atoms. The van der Waals surface area contributed by atoms with Crippen LogP contribution >= 0.6 is 0 Å². The molecule has 0 bridgehead atoms. The largest absolute Gasteiger partial charge is 0.481 e. The number of amides is 1. The van der Waals surface area contributed by atoms with Gasteiger partial charge in [-0.15, -0.1) is 0 Å². The number of hydrogen-bond donors (Lipinski definition) is 2. The van der Waals surface area contributed by atoms with Crippen molar-refractivity contribution in [2.75, 3.05) is 0 Å². The number of para-hydroxylation sites is 1. The molecule has 5 heteroatoms. The molecule has 0 aliphatic heterocycles. The number of carbonyl (C=O) groups is 2. The van der Waals surface area contributed by atoms with E-state index in [4.69, 9.17) is 4.42 Å². The van der Waals surface area contributed by atoms with Crippen LogP contribution in [0.15, 0.2) is 22.6 Å². The van der Waals surface area contributed by atoms with Crippen LogP contribution in [-0.2, 0) is 4.79 Å². The van der Waals surface area contributed by atoms with Crippen LogP contribution in [0.3, 0.4) is 0 Å². The normalized spacial score (nSPS) is 21.2. The first kappa shape index (κ1) is 14.6. The lowest BCUT2D eigenvalue weighted by molar-refractivity contribution is -0.142. The maximum absolute atomic E-state index is 12.5. The summed E-state index contributed by atoms with van der Waals surface area (Å²) in [5.41, 5.74) is 2.48. The van der Waals surface area contributed by atoms with Gasteiger partial charge in [-0.3, -0.25) is 9.59 Å². The molecule has 1 fully saturated rings. The topological polar surface area (TPSA) is 79.5 Å². The van der Waals surface area contributed by atoms with Gasteiger partial charge in [0.05, 0.1) is 5.92 Å². The van der Waals surface area contributed by atoms with Gasteiger partial charge in [0.25, 0.3) is 5.91 Å². The minimum Gasteiger partial charge on any atom is -0.481 e. The summed E-state index contributed by atoms with van der Waals surface area (Å²) in [5.74, 6) is -1.40. The lowest BCUT2D eigenvalue weighted by Crippen LogP contribution is -2.40. The summed E-state index contributed by atoms with van der Waals surface area (Å²) in [6, 6.07) is 5.47. The van der Waals surface area contributed by atoms with Crippen LogP contribution in [0.2, 0.25) is 0 Å². The standard InChI is InChI=1S/C17H19NO4/c1-9-5-3-6-11-10(2)15(22-14(9)11)16(19)18-13-8-4-7-12(13)17(20)21/h3,5-6,12-13H,4,7-8H2,1-2H3,(H,18,19)(H,20,21)/t12-,13+/m0/s1. The molecule has 2 N–H and O–H groups in total. The molecule has 1 aromatic heterocycles. The minimum absolute atomic E-state index is 0.278. The minimum atomic E-state index is -0.847. The molecule has 3 rings (SSSR count). The maximum Gasteiger partial charge on any atom is 0.308 e. The van der Waals surface area contributed by atoms with Gasteiger partial charge < -0.3 is 14.8 Å². The van der Waals surface area contributed by atoms with Crippen molar-refractivity contribution < 1.29 is 19.1 Å². The summed E-state index contributed by atoms with van der Waals surface area (Å²) in [4.78, 5) is 23.7. The highest BCUT2D eigenvalue weighted by Gasteiger charge is 2.34. The van der Waals surface area contributed by atoms with E-state index >= 15 is 0 Å². The van der Waals surface area contributed by atoms with E-state index in [2.05, 4.69) is 5.32 Å². The lowest BCUT2D eigenvalue weighted by Gasteiger charge is -2.16. The quantitative estimate of drug-likeness (QED) is 0.913. The molecule has 22 heavy (non-hydrogen) atoms. The van der Waals surface area contributed by atoms with E-state index in [0.29, 0.717) is 18.4 Å². The van der Waals surface area contributed by atoms with Gasteiger partial charge in [0.1, 0.15) is 5.58 Å². The molecular formula is C17H19NO4. The summed E-state index contributed by atoms with van der Waals surface area (Å²) in [6.07, 6.45) is 2.12. The highest BCUT2D eigenvalue weighted by atomic mass is 16.4. The van der Waals surface area contributed by atoms with E-state index in [1.54, 1.807) is 0 Å². The molecule has 1 amide bonds. The Morgan fingerprint density at radius 2 is 2.05 bits per heavy atom. The molecule has 1 saturated carbocycles. The molecule has 1 aliphatic rings. The zero-order valence-corrected chi connectivity index (χ0v) is 12.7. The van der Waals surface area contributed by atoms with Crippen LogP contribution in [-0.4, -0.2) is 23.0 Å². The van der Waals surface area contributed by atoms with Gasteiger partial charge in [-0.25, -0.2) is 0 Å². The molecule has 0 radical (unpaired) electrons. The summed E-state index contributed by atoms with van der Waals surface area (Å²) >= 11 is 0. The Morgan fingerprint density at radius 3 is 2.73 bits per heavy atom. The van der Waals surface area contributed by atoms with Crippen LogP contribution in [0.1, 0.15) is 40.9 Å². The van der Waals surface area contributed by atoms with Crippen LogP contribution in [0.25, 0.3) is 11.0 Å². The average Bonchev–Trinajstić information content (AvgIpc) is 3.05. The Bertz CT molecular complexity index is 746. The Morgan fingerprint density at radius 1 is 1.27 bits per heavy atom. The number of rotatable bonds is 3. The third kappa shape index (κ3) is 2.36. The van der Waals surface area contributed by atoms with Crippen LogP contribution < -0.4 is 5.32 Å². The number of aryl methyl sites for hydroxylation is 2. The molecule has 1 heterocycles. The van der Waals surface area contributed by atoms with Gasteiger partial charge in [0.15, 0.2) is 5.76 Å². The molecule has 2 atom stereocenters. The number of carboxylic acids is 1. The number of benzene rings is 1. The fraction of sp³-hybridized carbons (Fsp3) is 0.412. The number of carboxylic acid groups (broad SMARTS) is 1. The van der Waals surface area contributed by atoms with Gasteiger partial charge in [-0.2, -0.15) is 0 Å². The van der Waals surface area contributed by atoms with E-state index in [9.17, 15) is 14.7 Å². The molecule has 0 unspecified atom stereocenters. The smallest absolute Gasteiger partial charge is 0.308 e. The van der Waals surface area contributed by atoms with Crippen molar-refractivity contribution >= 4 is 22.8 Å². The highest BCUT2D eigenvalue weighted by Crippen LogP contribution is 2.29. The number of carbonyl (C=O) groups excluding carboxylic acids is 1. The number of furan rings is 1. The average molecular weight is 301 g/mol. The first-order chi connectivity index (χ1) is 10.5. The van der Waals surface area contributed by atoms with E-state index in [1.807, 2.05) is 32.0 Å². The fourth-order valence-corrected chi connectivity index (χ4v) is 3.26. The Balaban J connectivity index is 1.88. The van der Waals surface area contributed by atoms with Gasteiger partial charge in [-0.1, -0.05) is 24.6 Å². The van der Waals surface area contributed by atoms with E-state index < -0.39 is 11.9 Å². The van der Waals surface area contributed by atoms with Crippen molar-refractivity contribution in [3.8, 4) is 0 Å². The van der Waals surface area contributed by atoms with Gasteiger partial charge in [0, 0.05) is 17.0 Å². The van der Waals surface area contributed by atoms with Crippen molar-refractivity contribution in [1.82, 2.24) is 5.32 Å². The first-order valence-electron chi connectivity index (χ1n) is 7.51. The van der Waals surface area contributed by atoms with Crippen molar-refractivity contribution in [3.63, 3.8) is 0 Å². The second-order valence-electron chi connectivity index (χ2n) is 5.96. The second kappa shape index (κ2) is 5.48. The first-order valence-corrected chi connectivity index (χ1v) is 7.51. The second-order valence-corrected chi connectivity index (χ2v) is 5.96. The summed E-state index contributed by atoms with van der Waals surface area (Å²) < 4.78 is 5.74. The van der Waals surface area contributed by atoms with Crippen molar-refractivity contribution in [2.45, 2.75) is 39.2 Å². The Hall–Kier alpha value is -2.30. The Kier molecular flexibility index (Phi) is 3.64. The number of hydrogen-bond acceptors (Lipinski definition) is 3. The number of fused-ring (bicyclic) bond motifs is 1. The fourth-order valence-electron chi connectivity index (χ4n) is 3.26. The summed E-state index contributed by atoms with van der Waals surface area (Å²) in [6.45, 7) is 3.79. The molecule has 5 nitrogen and oxygen atoms in total. The monoisotopic (exact) mass is 301 g/mol. The predicted molar refractivity (Wildman–Crippen MR) is 81.9 cm³/mol. The van der Waals surface area contributed by atoms with Gasteiger partial charge in [-0.05, 0) is 32.3 Å². The van der Waals surface area contributed by atoms with Gasteiger partial charge in [0.2, 0.25) is 0 Å². The molecule has 1 aliphatic carbocycles. The van der Waals surface area contributed by atoms with Crippen LogP contribution in [0.5, 0.6) is 0 Å². The van der Waals surface area contributed by atoms with Crippen molar-refractivity contribution in [3.05, 3.63) is 35.1 Å². The van der Waals surface area contributed by atoms with Crippen LogP contribution in [0.4, 0.5) is 0 Å². The summed E-state index contributed by atoms with van der Waals surface area (Å²) in [7, 11) is 0. The number of aliphatic carboxylic acids is 1. The Labute approximate surface area is 128 Å². The zero-order valence-electron chi connectivity index (χ0n) is 12.7. The highest BCUT2D eigenvalue weighted by molar-refractivity contribution is 5.99. The van der Waals surface area contributed by atoms with E-state index in [-0.39, 0.29) is 17.7 Å². The molecule has 1 aromatic carbocycles. The third-order valence-electron chi connectivity index (χ3n) is 4.52. The maximum atomic E-state index is 12.5. The lowest BCUT2D eigenvalue weighted by atomic mass is 10.0. The third-order valence-corrected chi connectivity index (χ3v) is 4.52. The molecule has 116 valence electrons. The molecular weight excluding hydrogens is 282 g/mol. The molecule has 2 aromatic rings. The van der Waals surface area contributed by atoms with Gasteiger partial charge >= 0.3 is 5.97 Å². The molecule has 0 saturated heterocycles. The van der Waals surface area contributed by atoms with E-state index in [1.165, 1.54) is 0 Å².